The van der Waals surface area contributed by atoms with Gasteiger partial charge in [-0.3, -0.25) is 4.79 Å². The number of hydrogen-bond acceptors (Lipinski definition) is 3. The Morgan fingerprint density at radius 1 is 1.15 bits per heavy atom. The lowest BCUT2D eigenvalue weighted by atomic mass is 9.96. The van der Waals surface area contributed by atoms with Gasteiger partial charge in [0.05, 0.1) is 6.04 Å². The SMILES string of the molecule is O=C(C1CCCC1)C1CNCCN1. The number of Topliss-reactive ketones (excluding diaryl/α,β-unsaturated/α-hetero) is 1. The van der Waals surface area contributed by atoms with Crippen LogP contribution in [0.1, 0.15) is 25.7 Å². The lowest BCUT2D eigenvalue weighted by Gasteiger charge is -2.25. The van der Waals surface area contributed by atoms with Crippen LogP contribution < -0.4 is 10.6 Å². The van der Waals surface area contributed by atoms with E-state index in [1.54, 1.807) is 0 Å². The molecule has 1 saturated heterocycles. The third-order valence-corrected chi connectivity index (χ3v) is 3.14. The number of hydrogen-bond donors (Lipinski definition) is 2. The van der Waals surface area contributed by atoms with Crippen LogP contribution in [0.2, 0.25) is 0 Å². The molecule has 2 aliphatic rings. The zero-order chi connectivity index (χ0) is 9.10. The highest BCUT2D eigenvalue weighted by atomic mass is 16.1. The van der Waals surface area contributed by atoms with Gasteiger partial charge in [-0.1, -0.05) is 12.8 Å². The first-order valence-corrected chi connectivity index (χ1v) is 5.36. The maximum Gasteiger partial charge on any atom is 0.154 e. The van der Waals surface area contributed by atoms with Gasteiger partial charge >= 0.3 is 0 Å². The second-order valence-corrected chi connectivity index (χ2v) is 4.09. The summed E-state index contributed by atoms with van der Waals surface area (Å²) in [5.74, 6) is 0.808. The lowest BCUT2D eigenvalue weighted by molar-refractivity contribution is -0.124. The third-order valence-electron chi connectivity index (χ3n) is 3.14. The average molecular weight is 182 g/mol. The van der Waals surface area contributed by atoms with Gasteiger partial charge in [0.15, 0.2) is 5.78 Å². The van der Waals surface area contributed by atoms with E-state index < -0.39 is 0 Å². The van der Waals surface area contributed by atoms with Crippen LogP contribution in [0.4, 0.5) is 0 Å². The molecule has 0 bridgehead atoms. The topological polar surface area (TPSA) is 41.1 Å². The molecule has 2 N–H and O–H groups in total. The van der Waals surface area contributed by atoms with E-state index in [1.807, 2.05) is 0 Å². The first-order valence-electron chi connectivity index (χ1n) is 5.36. The molecule has 1 saturated carbocycles. The molecular weight excluding hydrogens is 164 g/mol. The Balaban J connectivity index is 1.87. The molecule has 3 heteroatoms. The van der Waals surface area contributed by atoms with E-state index in [1.165, 1.54) is 12.8 Å². The largest absolute Gasteiger partial charge is 0.313 e. The zero-order valence-corrected chi connectivity index (χ0v) is 8.01. The fourth-order valence-corrected chi connectivity index (χ4v) is 2.35. The molecule has 1 heterocycles. The fraction of sp³-hybridized carbons (Fsp3) is 0.900. The molecule has 2 fully saturated rings. The van der Waals surface area contributed by atoms with E-state index in [0.717, 1.165) is 32.5 Å². The fourth-order valence-electron chi connectivity index (χ4n) is 2.35. The summed E-state index contributed by atoms with van der Waals surface area (Å²) < 4.78 is 0. The van der Waals surface area contributed by atoms with Gasteiger partial charge in [0, 0.05) is 25.6 Å². The predicted octanol–water partition coefficient (Wildman–Crippen LogP) is 0.307. The number of carbonyl (C=O) groups is 1. The molecular formula is C10H18N2O. The van der Waals surface area contributed by atoms with Crippen LogP contribution in [0.15, 0.2) is 0 Å². The Morgan fingerprint density at radius 3 is 2.54 bits per heavy atom. The van der Waals surface area contributed by atoms with E-state index in [2.05, 4.69) is 10.6 Å². The molecule has 0 amide bonds. The number of nitrogens with one attached hydrogen (secondary N) is 2. The molecule has 0 aromatic carbocycles. The Morgan fingerprint density at radius 2 is 1.92 bits per heavy atom. The molecule has 3 nitrogen and oxygen atoms in total. The quantitative estimate of drug-likeness (QED) is 0.645. The first kappa shape index (κ1) is 9.16. The molecule has 1 atom stereocenters. The minimum absolute atomic E-state index is 0.0943. The minimum atomic E-state index is 0.0943. The molecule has 0 spiro atoms. The van der Waals surface area contributed by atoms with Gasteiger partial charge in [-0.05, 0) is 12.8 Å². The van der Waals surface area contributed by atoms with E-state index >= 15 is 0 Å². The summed E-state index contributed by atoms with van der Waals surface area (Å²) in [7, 11) is 0. The van der Waals surface area contributed by atoms with E-state index in [0.29, 0.717) is 11.7 Å². The summed E-state index contributed by atoms with van der Waals surface area (Å²) in [6, 6.07) is 0.0943. The number of rotatable bonds is 2. The van der Waals surface area contributed by atoms with Gasteiger partial charge in [-0.2, -0.15) is 0 Å². The summed E-state index contributed by atoms with van der Waals surface area (Å²) in [4.78, 5) is 11.9. The smallest absolute Gasteiger partial charge is 0.154 e. The van der Waals surface area contributed by atoms with Crippen LogP contribution >= 0.6 is 0 Å². The van der Waals surface area contributed by atoms with Gasteiger partial charge in [0.1, 0.15) is 0 Å². The van der Waals surface area contributed by atoms with E-state index in [-0.39, 0.29) is 6.04 Å². The highest BCUT2D eigenvalue weighted by molar-refractivity contribution is 5.86. The number of ketones is 1. The average Bonchev–Trinajstić information content (AvgIpc) is 2.71. The van der Waals surface area contributed by atoms with Crippen LogP contribution in [-0.4, -0.2) is 31.5 Å². The maximum atomic E-state index is 11.9. The monoisotopic (exact) mass is 182 g/mol. The second kappa shape index (κ2) is 4.20. The van der Waals surface area contributed by atoms with Gasteiger partial charge < -0.3 is 10.6 Å². The summed E-state index contributed by atoms with van der Waals surface area (Å²) in [6.07, 6.45) is 4.74. The van der Waals surface area contributed by atoms with Crippen molar-refractivity contribution in [3.05, 3.63) is 0 Å². The van der Waals surface area contributed by atoms with Crippen molar-refractivity contribution < 1.29 is 4.79 Å². The summed E-state index contributed by atoms with van der Waals surface area (Å²) in [5.41, 5.74) is 0. The van der Waals surface area contributed by atoms with Crippen molar-refractivity contribution in [1.29, 1.82) is 0 Å². The van der Waals surface area contributed by atoms with Crippen molar-refractivity contribution in [2.24, 2.45) is 5.92 Å². The van der Waals surface area contributed by atoms with Crippen LogP contribution in [0.25, 0.3) is 0 Å². The molecule has 0 radical (unpaired) electrons. The predicted molar refractivity (Wildman–Crippen MR) is 51.6 cm³/mol. The lowest BCUT2D eigenvalue weighted by Crippen LogP contribution is -2.53. The molecule has 1 aliphatic heterocycles. The highest BCUT2D eigenvalue weighted by Gasteiger charge is 2.29. The van der Waals surface area contributed by atoms with Crippen molar-refractivity contribution in [1.82, 2.24) is 10.6 Å². The molecule has 0 aromatic rings. The van der Waals surface area contributed by atoms with Gasteiger partial charge in [0.2, 0.25) is 0 Å². The second-order valence-electron chi connectivity index (χ2n) is 4.09. The summed E-state index contributed by atoms with van der Waals surface area (Å²) >= 11 is 0. The van der Waals surface area contributed by atoms with Crippen molar-refractivity contribution >= 4 is 5.78 Å². The van der Waals surface area contributed by atoms with E-state index in [9.17, 15) is 4.79 Å². The van der Waals surface area contributed by atoms with Crippen LogP contribution in [0.5, 0.6) is 0 Å². The van der Waals surface area contributed by atoms with Crippen LogP contribution in [0, 0.1) is 5.92 Å². The highest BCUT2D eigenvalue weighted by Crippen LogP contribution is 2.26. The molecule has 1 unspecified atom stereocenters. The summed E-state index contributed by atoms with van der Waals surface area (Å²) in [5, 5.41) is 6.54. The van der Waals surface area contributed by atoms with Crippen LogP contribution in [-0.2, 0) is 4.79 Å². The summed E-state index contributed by atoms with van der Waals surface area (Å²) in [6.45, 7) is 2.76. The zero-order valence-electron chi connectivity index (χ0n) is 8.01. The Bertz CT molecular complexity index is 181. The molecule has 74 valence electrons. The van der Waals surface area contributed by atoms with Gasteiger partial charge in [0.25, 0.3) is 0 Å². The Hall–Kier alpha value is -0.410. The van der Waals surface area contributed by atoms with Crippen molar-refractivity contribution in [2.75, 3.05) is 19.6 Å². The van der Waals surface area contributed by atoms with Crippen molar-refractivity contribution in [2.45, 2.75) is 31.7 Å². The molecule has 13 heavy (non-hydrogen) atoms. The van der Waals surface area contributed by atoms with E-state index in [4.69, 9.17) is 0 Å². The number of piperazine rings is 1. The van der Waals surface area contributed by atoms with Crippen molar-refractivity contribution in [3.8, 4) is 0 Å². The maximum absolute atomic E-state index is 11.9. The normalized spacial score (nSPS) is 30.6. The molecule has 1 aliphatic carbocycles. The molecule has 2 rings (SSSR count). The molecule has 0 aromatic heterocycles. The van der Waals surface area contributed by atoms with Crippen LogP contribution in [0.3, 0.4) is 0 Å². The Labute approximate surface area is 79.3 Å². The minimum Gasteiger partial charge on any atom is -0.313 e. The standard InChI is InChI=1S/C10H18N2O/c13-10(8-3-1-2-4-8)9-7-11-5-6-12-9/h8-9,11-12H,1-7H2. The first-order chi connectivity index (χ1) is 6.38. The van der Waals surface area contributed by atoms with Gasteiger partial charge in [-0.25, -0.2) is 0 Å². The van der Waals surface area contributed by atoms with Gasteiger partial charge in [-0.15, -0.1) is 0 Å². The van der Waals surface area contributed by atoms with Crippen molar-refractivity contribution in [3.63, 3.8) is 0 Å². The third kappa shape index (κ3) is 2.09. The Kier molecular flexibility index (Phi) is 2.96. The number of carbonyl (C=O) groups excluding carboxylic acids is 1.